The third kappa shape index (κ3) is 6.24. The summed E-state index contributed by atoms with van der Waals surface area (Å²) in [5.74, 6) is 2.50. The van der Waals surface area contributed by atoms with Crippen molar-refractivity contribution in [2.75, 3.05) is 0 Å². The Hall–Kier alpha value is -1.55. The Bertz CT molecular complexity index is 591. The fourth-order valence-corrected chi connectivity index (χ4v) is 3.76. The largest absolute Gasteiger partial charge is 0.491 e. The maximum absolute atomic E-state index is 13.0. The number of nitrogens with one attached hydrogen (secondary N) is 1. The van der Waals surface area contributed by atoms with Crippen LogP contribution in [0.3, 0.4) is 0 Å². The zero-order valence-corrected chi connectivity index (χ0v) is 17.0. The normalized spacial score (nSPS) is 19.2. The van der Waals surface area contributed by atoms with Crippen LogP contribution < -0.4 is 10.1 Å². The van der Waals surface area contributed by atoms with Gasteiger partial charge in [0, 0.05) is 5.92 Å². The number of hydrogen-bond donors (Lipinski definition) is 2. The number of hydrogen-bond acceptors (Lipinski definition) is 3. The first-order valence-electron chi connectivity index (χ1n) is 10.7. The van der Waals surface area contributed by atoms with E-state index < -0.39 is 6.10 Å². The van der Waals surface area contributed by atoms with Crippen LogP contribution in [0.1, 0.15) is 77.3 Å². The van der Waals surface area contributed by atoms with Crippen molar-refractivity contribution >= 4 is 5.91 Å². The van der Waals surface area contributed by atoms with E-state index in [1.807, 2.05) is 45.0 Å². The smallest absolute Gasteiger partial charge is 0.223 e. The molecule has 0 bridgehead atoms. The van der Waals surface area contributed by atoms with Gasteiger partial charge < -0.3 is 15.2 Å². The van der Waals surface area contributed by atoms with Crippen LogP contribution in [0.25, 0.3) is 0 Å². The van der Waals surface area contributed by atoms with E-state index in [9.17, 15) is 9.90 Å². The lowest BCUT2D eigenvalue weighted by Gasteiger charge is -2.27. The molecule has 2 unspecified atom stereocenters. The third-order valence-electron chi connectivity index (χ3n) is 5.71. The fraction of sp³-hybridized carbons (Fsp3) is 0.696. The van der Waals surface area contributed by atoms with Crippen LogP contribution >= 0.6 is 0 Å². The van der Waals surface area contributed by atoms with Gasteiger partial charge in [0.25, 0.3) is 0 Å². The standard InChI is InChI=1S/C23H35NO3/c1-4-21(25)22(18-9-11-20(12-10-18)27-15(2)3)24-23(26)19(13-16-5-6-16)14-17-7-8-17/h9-12,15-17,19,21-22,25H,4-8,13-14H2,1-3H3,(H,24,26). The minimum atomic E-state index is -0.590. The van der Waals surface area contributed by atoms with Gasteiger partial charge in [-0.3, -0.25) is 4.79 Å². The molecular weight excluding hydrogens is 338 g/mol. The Labute approximate surface area is 163 Å². The van der Waals surface area contributed by atoms with Crippen LogP contribution in [0.15, 0.2) is 24.3 Å². The molecular formula is C23H35NO3. The average Bonchev–Trinajstić information content (AvgIpc) is 3.55. The molecule has 0 heterocycles. The highest BCUT2D eigenvalue weighted by Gasteiger charge is 2.35. The van der Waals surface area contributed by atoms with Crippen molar-refractivity contribution in [3.05, 3.63) is 29.8 Å². The van der Waals surface area contributed by atoms with Crippen LogP contribution in [0.5, 0.6) is 5.75 Å². The van der Waals surface area contributed by atoms with E-state index in [1.54, 1.807) is 0 Å². The summed E-state index contributed by atoms with van der Waals surface area (Å²) in [5.41, 5.74) is 0.936. The highest BCUT2D eigenvalue weighted by Crippen LogP contribution is 2.42. The third-order valence-corrected chi connectivity index (χ3v) is 5.71. The van der Waals surface area contributed by atoms with Crippen LogP contribution in [0, 0.1) is 17.8 Å². The van der Waals surface area contributed by atoms with Crippen molar-refractivity contribution in [2.45, 2.75) is 84.0 Å². The second-order valence-corrected chi connectivity index (χ2v) is 8.75. The molecule has 0 aromatic heterocycles. The van der Waals surface area contributed by atoms with Crippen molar-refractivity contribution in [3.63, 3.8) is 0 Å². The highest BCUT2D eigenvalue weighted by atomic mass is 16.5. The second kappa shape index (κ2) is 9.09. The molecule has 0 spiro atoms. The molecule has 1 aromatic carbocycles. The summed E-state index contributed by atoms with van der Waals surface area (Å²) in [6.45, 7) is 5.95. The van der Waals surface area contributed by atoms with Crippen LogP contribution in [-0.4, -0.2) is 23.2 Å². The van der Waals surface area contributed by atoms with Gasteiger partial charge in [-0.25, -0.2) is 0 Å². The molecule has 0 saturated heterocycles. The second-order valence-electron chi connectivity index (χ2n) is 8.75. The highest BCUT2D eigenvalue weighted by molar-refractivity contribution is 5.79. The van der Waals surface area contributed by atoms with E-state index in [2.05, 4.69) is 5.32 Å². The molecule has 0 radical (unpaired) electrons. The number of aliphatic hydroxyl groups excluding tert-OH is 1. The Morgan fingerprint density at radius 3 is 2.11 bits per heavy atom. The molecule has 0 aliphatic heterocycles. The molecule has 1 amide bonds. The van der Waals surface area contributed by atoms with Crippen molar-refractivity contribution in [3.8, 4) is 5.75 Å². The van der Waals surface area contributed by atoms with Crippen molar-refractivity contribution in [1.82, 2.24) is 5.32 Å². The minimum absolute atomic E-state index is 0.0973. The number of rotatable bonds is 11. The van der Waals surface area contributed by atoms with Gasteiger partial charge >= 0.3 is 0 Å². The number of aliphatic hydroxyl groups is 1. The molecule has 150 valence electrons. The topological polar surface area (TPSA) is 58.6 Å². The SMILES string of the molecule is CCC(O)C(NC(=O)C(CC1CC1)CC1CC1)c1ccc(OC(C)C)cc1. The van der Waals surface area contributed by atoms with Gasteiger partial charge in [0.15, 0.2) is 0 Å². The number of benzene rings is 1. The molecule has 2 atom stereocenters. The number of amides is 1. The van der Waals surface area contributed by atoms with Gasteiger partial charge in [0.1, 0.15) is 5.75 Å². The predicted molar refractivity (Wildman–Crippen MR) is 108 cm³/mol. The van der Waals surface area contributed by atoms with E-state index >= 15 is 0 Å². The summed E-state index contributed by atoms with van der Waals surface area (Å²) in [6.07, 6.45) is 7.24. The molecule has 2 N–H and O–H groups in total. The summed E-state index contributed by atoms with van der Waals surface area (Å²) in [4.78, 5) is 13.0. The molecule has 4 heteroatoms. The summed E-state index contributed by atoms with van der Waals surface area (Å²) in [5, 5.41) is 13.7. The first kappa shape index (κ1) is 20.2. The lowest BCUT2D eigenvalue weighted by molar-refractivity contribution is -0.127. The van der Waals surface area contributed by atoms with Crippen LogP contribution in [0.4, 0.5) is 0 Å². The van der Waals surface area contributed by atoms with Crippen molar-refractivity contribution < 1.29 is 14.6 Å². The first-order chi connectivity index (χ1) is 13.0. The Morgan fingerprint density at radius 1 is 1.11 bits per heavy atom. The molecule has 27 heavy (non-hydrogen) atoms. The van der Waals surface area contributed by atoms with Gasteiger partial charge in [0.05, 0.1) is 18.2 Å². The predicted octanol–water partition coefficient (Wildman–Crippen LogP) is 4.62. The lowest BCUT2D eigenvalue weighted by Crippen LogP contribution is -2.39. The van der Waals surface area contributed by atoms with E-state index in [0.29, 0.717) is 6.42 Å². The van der Waals surface area contributed by atoms with E-state index in [1.165, 1.54) is 25.7 Å². The zero-order valence-electron chi connectivity index (χ0n) is 17.0. The fourth-order valence-electron chi connectivity index (χ4n) is 3.76. The van der Waals surface area contributed by atoms with E-state index in [-0.39, 0.29) is 24.0 Å². The minimum Gasteiger partial charge on any atom is -0.491 e. The maximum Gasteiger partial charge on any atom is 0.223 e. The first-order valence-corrected chi connectivity index (χ1v) is 10.7. The summed E-state index contributed by atoms with van der Waals surface area (Å²) in [7, 11) is 0. The molecule has 2 aliphatic carbocycles. The average molecular weight is 374 g/mol. The molecule has 2 aliphatic rings. The lowest BCUT2D eigenvalue weighted by atomic mass is 9.93. The van der Waals surface area contributed by atoms with E-state index in [0.717, 1.165) is 36.0 Å². The van der Waals surface area contributed by atoms with Crippen molar-refractivity contribution in [2.24, 2.45) is 17.8 Å². The van der Waals surface area contributed by atoms with Gasteiger partial charge in [0.2, 0.25) is 5.91 Å². The Morgan fingerprint density at radius 2 is 1.67 bits per heavy atom. The summed E-state index contributed by atoms with van der Waals surface area (Å²) < 4.78 is 5.71. The van der Waals surface area contributed by atoms with Crippen LogP contribution in [0.2, 0.25) is 0 Å². The molecule has 1 aromatic rings. The molecule has 2 fully saturated rings. The van der Waals surface area contributed by atoms with Gasteiger partial charge in [-0.15, -0.1) is 0 Å². The number of ether oxygens (including phenoxy) is 1. The summed E-state index contributed by atoms with van der Waals surface area (Å²) >= 11 is 0. The Balaban J connectivity index is 1.68. The summed E-state index contributed by atoms with van der Waals surface area (Å²) in [6, 6.07) is 7.39. The van der Waals surface area contributed by atoms with Gasteiger partial charge in [-0.2, -0.15) is 0 Å². The van der Waals surface area contributed by atoms with E-state index in [4.69, 9.17) is 4.74 Å². The quantitative estimate of drug-likeness (QED) is 0.595. The molecule has 2 saturated carbocycles. The van der Waals surface area contributed by atoms with Crippen molar-refractivity contribution in [1.29, 1.82) is 0 Å². The van der Waals surface area contributed by atoms with Crippen LogP contribution in [-0.2, 0) is 4.79 Å². The Kier molecular flexibility index (Phi) is 6.80. The molecule has 3 rings (SSSR count). The number of carbonyl (C=O) groups is 1. The zero-order chi connectivity index (χ0) is 19.4. The van der Waals surface area contributed by atoms with Gasteiger partial charge in [-0.1, -0.05) is 44.7 Å². The monoisotopic (exact) mass is 373 g/mol. The number of carbonyl (C=O) groups excluding carboxylic acids is 1. The van der Waals surface area contributed by atoms with Gasteiger partial charge in [-0.05, 0) is 62.6 Å². The maximum atomic E-state index is 13.0. The molecule has 4 nitrogen and oxygen atoms in total.